The predicted molar refractivity (Wildman–Crippen MR) is 167 cm³/mol. The fourth-order valence-electron chi connectivity index (χ4n) is 5.18. The number of allylic oxidation sites excluding steroid dienone is 4. The second-order valence-corrected chi connectivity index (χ2v) is 10.5. The van der Waals surface area contributed by atoms with Gasteiger partial charge in [-0.25, -0.2) is 4.39 Å². The lowest BCUT2D eigenvalue weighted by molar-refractivity contribution is -0.139. The minimum Gasteiger partial charge on any atom is -0.481 e. The van der Waals surface area contributed by atoms with Gasteiger partial charge in [0.25, 0.3) is 5.91 Å². The molecule has 0 saturated heterocycles. The quantitative estimate of drug-likeness (QED) is 0.144. The zero-order valence-electron chi connectivity index (χ0n) is 24.4. The van der Waals surface area contributed by atoms with Crippen LogP contribution in [0.2, 0.25) is 5.82 Å². The number of aromatic nitrogens is 1. The van der Waals surface area contributed by atoms with E-state index in [4.69, 9.17) is 13.0 Å². The number of benzene rings is 2. The SMILES string of the molecule is [B][C@H](CCn1c(-c2ccc(F)cc2)c(-c2ccccc2)c(C(=O)NC(/C=C\C)=C/C=C)c1C(C)C)C[C@@H](O)CC(=O)O. The molecule has 0 aliphatic rings. The summed E-state index contributed by atoms with van der Waals surface area (Å²) in [5.74, 6) is -2.35. The molecule has 42 heavy (non-hydrogen) atoms. The largest absolute Gasteiger partial charge is 0.481 e. The highest BCUT2D eigenvalue weighted by Gasteiger charge is 2.30. The van der Waals surface area contributed by atoms with Gasteiger partial charge >= 0.3 is 5.97 Å². The standard InChI is InChI=1S/C34H38BFN2O4/c1-5-10-27(11-6-2)37-34(42)31-30(23-12-8-7-9-13-23)33(24-14-16-26(36)17-15-24)38(32(31)22(3)4)19-18-25(35)20-28(39)21-29(40)41/h5-17,22,25,28,39H,1,18-21H2,2-4H3,(H,37,42)(H,40,41)/b11-6-,27-10+/t25-,28-/m1/s1. The summed E-state index contributed by atoms with van der Waals surface area (Å²) in [6.07, 6.45) is 6.02. The van der Waals surface area contributed by atoms with Crippen molar-refractivity contribution in [2.45, 2.75) is 64.4 Å². The number of aliphatic carboxylic acids is 1. The van der Waals surface area contributed by atoms with Crippen molar-refractivity contribution < 1.29 is 24.2 Å². The molecule has 3 rings (SSSR count). The van der Waals surface area contributed by atoms with E-state index in [1.165, 1.54) is 12.1 Å². The summed E-state index contributed by atoms with van der Waals surface area (Å²) in [7, 11) is 6.36. The number of hydrogen-bond acceptors (Lipinski definition) is 3. The van der Waals surface area contributed by atoms with Gasteiger partial charge in [0, 0.05) is 23.5 Å². The van der Waals surface area contributed by atoms with Crippen LogP contribution in [-0.2, 0) is 11.3 Å². The van der Waals surface area contributed by atoms with Gasteiger partial charge in [-0.3, -0.25) is 9.59 Å². The fraction of sp³-hybridized carbons (Fsp3) is 0.294. The molecular weight excluding hydrogens is 530 g/mol. The van der Waals surface area contributed by atoms with Crippen LogP contribution >= 0.6 is 0 Å². The van der Waals surface area contributed by atoms with Crippen LogP contribution in [-0.4, -0.2) is 40.6 Å². The van der Waals surface area contributed by atoms with Crippen molar-refractivity contribution in [2.75, 3.05) is 0 Å². The first-order chi connectivity index (χ1) is 20.1. The normalized spacial score (nSPS) is 13.3. The molecule has 8 heteroatoms. The highest BCUT2D eigenvalue weighted by atomic mass is 19.1. The van der Waals surface area contributed by atoms with Gasteiger partial charge in [-0.05, 0) is 73.2 Å². The molecule has 3 N–H and O–H groups in total. The Morgan fingerprint density at radius 2 is 1.76 bits per heavy atom. The van der Waals surface area contributed by atoms with Gasteiger partial charge in [0.15, 0.2) is 0 Å². The average molecular weight is 568 g/mol. The molecule has 0 bridgehead atoms. The van der Waals surface area contributed by atoms with E-state index in [0.29, 0.717) is 29.8 Å². The maximum atomic E-state index is 14.2. The summed E-state index contributed by atoms with van der Waals surface area (Å²) in [4.78, 5) is 25.2. The number of carbonyl (C=O) groups excluding carboxylic acids is 1. The van der Waals surface area contributed by atoms with Gasteiger partial charge in [0.1, 0.15) is 5.82 Å². The Kier molecular flexibility index (Phi) is 11.7. The first-order valence-electron chi connectivity index (χ1n) is 14.1. The molecule has 1 aromatic heterocycles. The van der Waals surface area contributed by atoms with Crippen LogP contribution in [0.1, 0.15) is 62.0 Å². The van der Waals surface area contributed by atoms with E-state index in [0.717, 1.165) is 22.5 Å². The van der Waals surface area contributed by atoms with Crippen LogP contribution in [0.15, 0.2) is 91.2 Å². The molecule has 0 fully saturated rings. The summed E-state index contributed by atoms with van der Waals surface area (Å²) in [6, 6.07) is 15.8. The zero-order valence-corrected chi connectivity index (χ0v) is 24.4. The first kappa shape index (κ1) is 32.4. The summed E-state index contributed by atoms with van der Waals surface area (Å²) in [5, 5.41) is 22.2. The number of hydrogen-bond donors (Lipinski definition) is 3. The van der Waals surface area contributed by atoms with Crippen LogP contribution in [0, 0.1) is 5.82 Å². The molecule has 6 nitrogen and oxygen atoms in total. The Morgan fingerprint density at radius 1 is 1.10 bits per heavy atom. The molecule has 0 saturated carbocycles. The molecule has 2 aromatic carbocycles. The summed E-state index contributed by atoms with van der Waals surface area (Å²) < 4.78 is 16.1. The highest BCUT2D eigenvalue weighted by Crippen LogP contribution is 2.42. The number of aliphatic hydroxyl groups is 1. The lowest BCUT2D eigenvalue weighted by Gasteiger charge is -2.21. The molecular formula is C34H38BFN2O4. The minimum atomic E-state index is -1.09. The van der Waals surface area contributed by atoms with Gasteiger partial charge in [-0.1, -0.05) is 68.7 Å². The number of carboxylic acids is 1. The smallest absolute Gasteiger partial charge is 0.305 e. The third-order valence-corrected chi connectivity index (χ3v) is 6.87. The molecule has 3 aromatic rings. The Labute approximate surface area is 248 Å². The lowest BCUT2D eigenvalue weighted by Crippen LogP contribution is -2.24. The zero-order chi connectivity index (χ0) is 30.8. The lowest BCUT2D eigenvalue weighted by atomic mass is 9.79. The van der Waals surface area contributed by atoms with Gasteiger partial charge in [0.05, 0.1) is 31.6 Å². The van der Waals surface area contributed by atoms with Crippen LogP contribution < -0.4 is 5.32 Å². The molecule has 1 heterocycles. The summed E-state index contributed by atoms with van der Waals surface area (Å²) >= 11 is 0. The number of aliphatic hydroxyl groups excluding tert-OH is 1. The Morgan fingerprint density at radius 3 is 2.33 bits per heavy atom. The van der Waals surface area contributed by atoms with E-state index in [9.17, 15) is 19.1 Å². The number of nitrogens with one attached hydrogen (secondary N) is 1. The maximum Gasteiger partial charge on any atom is 0.305 e. The average Bonchev–Trinajstić information content (AvgIpc) is 3.28. The van der Waals surface area contributed by atoms with E-state index >= 15 is 0 Å². The third kappa shape index (κ3) is 8.20. The molecule has 0 aliphatic heterocycles. The number of nitrogens with zero attached hydrogens (tertiary/aromatic N) is 1. The maximum absolute atomic E-state index is 14.2. The number of carbonyl (C=O) groups is 2. The Hall–Kier alpha value is -4.17. The number of rotatable bonds is 14. The van der Waals surface area contributed by atoms with E-state index < -0.39 is 17.9 Å². The molecule has 1 amide bonds. The van der Waals surface area contributed by atoms with Crippen molar-refractivity contribution in [3.05, 3.63) is 108 Å². The first-order valence-corrected chi connectivity index (χ1v) is 14.1. The fourth-order valence-corrected chi connectivity index (χ4v) is 5.18. The summed E-state index contributed by atoms with van der Waals surface area (Å²) in [6.45, 7) is 10.0. The number of halogens is 1. The van der Waals surface area contributed by atoms with Crippen LogP contribution in [0.3, 0.4) is 0 Å². The van der Waals surface area contributed by atoms with Crippen molar-refractivity contribution in [2.24, 2.45) is 0 Å². The van der Waals surface area contributed by atoms with Crippen molar-refractivity contribution in [1.29, 1.82) is 0 Å². The monoisotopic (exact) mass is 568 g/mol. The minimum absolute atomic E-state index is 0.0928. The molecule has 0 aliphatic carbocycles. The van der Waals surface area contributed by atoms with Crippen molar-refractivity contribution in [3.63, 3.8) is 0 Å². The van der Waals surface area contributed by atoms with E-state index in [-0.39, 0.29) is 30.5 Å². The molecule has 0 unspecified atom stereocenters. The number of carboxylic acid groups (broad SMARTS) is 1. The van der Waals surface area contributed by atoms with Crippen LogP contribution in [0.5, 0.6) is 0 Å². The Balaban J connectivity index is 2.27. The van der Waals surface area contributed by atoms with Gasteiger partial charge in [-0.2, -0.15) is 0 Å². The van der Waals surface area contributed by atoms with E-state index in [1.807, 2.05) is 57.2 Å². The molecule has 2 atom stereocenters. The van der Waals surface area contributed by atoms with Crippen LogP contribution in [0.4, 0.5) is 4.39 Å². The summed E-state index contributed by atoms with van der Waals surface area (Å²) in [5.41, 5.74) is 4.86. The van der Waals surface area contributed by atoms with Crippen molar-refractivity contribution in [1.82, 2.24) is 9.88 Å². The highest BCUT2D eigenvalue weighted by molar-refractivity contribution is 6.11. The van der Waals surface area contributed by atoms with E-state index in [2.05, 4.69) is 16.5 Å². The van der Waals surface area contributed by atoms with E-state index in [1.54, 1.807) is 30.4 Å². The predicted octanol–water partition coefficient (Wildman–Crippen LogP) is 7.03. The molecule has 0 spiro atoms. The van der Waals surface area contributed by atoms with Crippen molar-refractivity contribution in [3.8, 4) is 22.4 Å². The topological polar surface area (TPSA) is 91.6 Å². The number of amides is 1. The molecule has 2 radical (unpaired) electrons. The van der Waals surface area contributed by atoms with Crippen LogP contribution in [0.25, 0.3) is 22.4 Å². The van der Waals surface area contributed by atoms with Crippen molar-refractivity contribution >= 4 is 19.7 Å². The third-order valence-electron chi connectivity index (χ3n) is 6.87. The Bertz CT molecular complexity index is 1440. The van der Waals surface area contributed by atoms with Gasteiger partial charge < -0.3 is 20.1 Å². The van der Waals surface area contributed by atoms with Gasteiger partial charge in [0.2, 0.25) is 0 Å². The second-order valence-electron chi connectivity index (χ2n) is 10.5. The second kappa shape index (κ2) is 15.2. The molecule has 218 valence electrons. The van der Waals surface area contributed by atoms with Gasteiger partial charge in [-0.15, -0.1) is 0 Å².